The Balaban J connectivity index is 1.82. The van der Waals surface area contributed by atoms with Crippen molar-refractivity contribution in [1.29, 1.82) is 0 Å². The number of rotatable bonds is 9. The monoisotopic (exact) mass is 349 g/mol. The highest BCUT2D eigenvalue weighted by Crippen LogP contribution is 2.12. The van der Waals surface area contributed by atoms with Crippen LogP contribution in [0, 0.1) is 0 Å². The second kappa shape index (κ2) is 10.1. The normalized spacial score (nSPS) is 15.3. The molecule has 1 aromatic rings. The molecule has 2 N–H and O–H groups in total. The maximum absolute atomic E-state index is 12.1. The molecule has 2 rings (SSSR count). The second-order valence-corrected chi connectivity index (χ2v) is 6.24. The lowest BCUT2D eigenvalue weighted by Crippen LogP contribution is -2.37. The molecule has 7 heteroatoms. The van der Waals surface area contributed by atoms with Crippen LogP contribution in [-0.2, 0) is 20.9 Å². The molecule has 7 nitrogen and oxygen atoms in total. The van der Waals surface area contributed by atoms with Gasteiger partial charge >= 0.3 is 5.97 Å². The van der Waals surface area contributed by atoms with Gasteiger partial charge in [-0.2, -0.15) is 0 Å². The van der Waals surface area contributed by atoms with Crippen molar-refractivity contribution >= 4 is 17.6 Å². The van der Waals surface area contributed by atoms with E-state index in [2.05, 4.69) is 10.2 Å². The van der Waals surface area contributed by atoms with Crippen LogP contribution in [0.2, 0.25) is 0 Å². The molecule has 1 aromatic carbocycles. The van der Waals surface area contributed by atoms with Gasteiger partial charge in [-0.3, -0.25) is 19.4 Å². The van der Waals surface area contributed by atoms with Crippen molar-refractivity contribution < 1.29 is 19.4 Å². The number of nitrogens with zero attached hydrogens (tertiary/aromatic N) is 2. The van der Waals surface area contributed by atoms with E-state index in [1.54, 1.807) is 4.90 Å². The molecule has 1 aliphatic rings. The molecule has 138 valence electrons. The minimum Gasteiger partial charge on any atom is -0.480 e. The van der Waals surface area contributed by atoms with E-state index in [-0.39, 0.29) is 19.0 Å². The Morgan fingerprint density at radius 2 is 1.88 bits per heavy atom. The predicted molar refractivity (Wildman–Crippen MR) is 95.5 cm³/mol. The lowest BCUT2D eigenvalue weighted by atomic mass is 10.2. The lowest BCUT2D eigenvalue weighted by molar-refractivity contribution is -0.138. The number of hydrogen-bond donors (Lipinski definition) is 2. The fourth-order valence-electron chi connectivity index (χ4n) is 2.84. The van der Waals surface area contributed by atoms with Crippen LogP contribution in [0.1, 0.15) is 18.9 Å². The first-order chi connectivity index (χ1) is 12.1. The number of amides is 1. The average molecular weight is 349 g/mol. The number of aliphatic carboxylic acids is 1. The lowest BCUT2D eigenvalue weighted by Gasteiger charge is -2.26. The van der Waals surface area contributed by atoms with Gasteiger partial charge in [0.2, 0.25) is 5.91 Å². The van der Waals surface area contributed by atoms with Crippen LogP contribution in [0.4, 0.5) is 5.69 Å². The standard InChI is InChI=1S/C18H27N3O4/c1-2-7-21(14-18(23)24)13-17(22)19-16-5-3-15(4-6-16)12-20-8-10-25-11-9-20/h3-6H,2,7-14H2,1H3,(H,19,22)(H,23,24). The quantitative estimate of drug-likeness (QED) is 0.698. The van der Waals surface area contributed by atoms with E-state index < -0.39 is 5.97 Å². The Morgan fingerprint density at radius 3 is 2.48 bits per heavy atom. The number of ether oxygens (including phenoxy) is 1. The van der Waals surface area contributed by atoms with Gasteiger partial charge in [0.25, 0.3) is 0 Å². The Morgan fingerprint density at radius 1 is 1.20 bits per heavy atom. The highest BCUT2D eigenvalue weighted by molar-refractivity contribution is 5.92. The SMILES string of the molecule is CCCN(CC(=O)O)CC(=O)Nc1ccc(CN2CCOCC2)cc1. The molecule has 0 aromatic heterocycles. The molecular weight excluding hydrogens is 322 g/mol. The summed E-state index contributed by atoms with van der Waals surface area (Å²) in [6.07, 6.45) is 0.802. The van der Waals surface area contributed by atoms with Crippen LogP contribution in [0.15, 0.2) is 24.3 Å². The number of carbonyl (C=O) groups is 2. The fourth-order valence-corrected chi connectivity index (χ4v) is 2.84. The maximum Gasteiger partial charge on any atom is 0.317 e. The number of carboxylic acids is 1. The zero-order chi connectivity index (χ0) is 18.1. The molecule has 0 saturated carbocycles. The van der Waals surface area contributed by atoms with Crippen molar-refractivity contribution in [2.45, 2.75) is 19.9 Å². The zero-order valence-electron chi connectivity index (χ0n) is 14.7. The third kappa shape index (κ3) is 7.21. The number of benzene rings is 1. The van der Waals surface area contributed by atoms with Crippen LogP contribution < -0.4 is 5.32 Å². The van der Waals surface area contributed by atoms with Gasteiger partial charge in [-0.1, -0.05) is 19.1 Å². The number of carboxylic acid groups (broad SMARTS) is 1. The Kier molecular flexibility index (Phi) is 7.84. The van der Waals surface area contributed by atoms with E-state index in [0.29, 0.717) is 6.54 Å². The molecule has 0 atom stereocenters. The van der Waals surface area contributed by atoms with E-state index in [1.165, 1.54) is 5.56 Å². The molecule has 1 amide bonds. The molecule has 0 radical (unpaired) electrons. The molecule has 0 bridgehead atoms. The number of morpholine rings is 1. The molecule has 1 heterocycles. The first-order valence-electron chi connectivity index (χ1n) is 8.70. The van der Waals surface area contributed by atoms with E-state index >= 15 is 0 Å². The minimum atomic E-state index is -0.922. The van der Waals surface area contributed by atoms with E-state index in [0.717, 1.165) is 45.0 Å². The van der Waals surface area contributed by atoms with Gasteiger partial charge in [-0.15, -0.1) is 0 Å². The maximum atomic E-state index is 12.1. The van der Waals surface area contributed by atoms with Gasteiger partial charge in [0.1, 0.15) is 0 Å². The van der Waals surface area contributed by atoms with E-state index in [4.69, 9.17) is 9.84 Å². The number of hydrogen-bond acceptors (Lipinski definition) is 5. The molecule has 1 aliphatic heterocycles. The van der Waals surface area contributed by atoms with Crippen LogP contribution in [0.3, 0.4) is 0 Å². The van der Waals surface area contributed by atoms with Crippen molar-refractivity contribution in [3.63, 3.8) is 0 Å². The minimum absolute atomic E-state index is 0.0790. The predicted octanol–water partition coefficient (Wildman–Crippen LogP) is 1.25. The summed E-state index contributed by atoms with van der Waals surface area (Å²) >= 11 is 0. The molecule has 1 saturated heterocycles. The van der Waals surface area contributed by atoms with Crippen LogP contribution in [0.5, 0.6) is 0 Å². The third-order valence-corrected chi connectivity index (χ3v) is 4.01. The van der Waals surface area contributed by atoms with Crippen LogP contribution in [-0.4, -0.2) is 72.7 Å². The smallest absolute Gasteiger partial charge is 0.317 e. The van der Waals surface area contributed by atoms with E-state index in [9.17, 15) is 9.59 Å². The average Bonchev–Trinajstić information content (AvgIpc) is 2.57. The number of nitrogens with one attached hydrogen (secondary N) is 1. The van der Waals surface area contributed by atoms with Crippen LogP contribution in [0.25, 0.3) is 0 Å². The topological polar surface area (TPSA) is 82.1 Å². The first kappa shape index (κ1) is 19.4. The summed E-state index contributed by atoms with van der Waals surface area (Å²) < 4.78 is 5.34. The summed E-state index contributed by atoms with van der Waals surface area (Å²) in [5.74, 6) is -1.12. The van der Waals surface area contributed by atoms with Gasteiger partial charge < -0.3 is 15.2 Å². The summed E-state index contributed by atoms with van der Waals surface area (Å²) in [5.41, 5.74) is 1.92. The summed E-state index contributed by atoms with van der Waals surface area (Å²) in [6.45, 7) is 6.80. The first-order valence-corrected chi connectivity index (χ1v) is 8.70. The van der Waals surface area contributed by atoms with Crippen molar-refractivity contribution in [2.75, 3.05) is 51.3 Å². The molecule has 25 heavy (non-hydrogen) atoms. The van der Waals surface area contributed by atoms with Crippen molar-refractivity contribution in [3.8, 4) is 0 Å². The highest BCUT2D eigenvalue weighted by atomic mass is 16.5. The van der Waals surface area contributed by atoms with Gasteiger partial charge in [-0.05, 0) is 30.7 Å². The Hall–Kier alpha value is -1.96. The summed E-state index contributed by atoms with van der Waals surface area (Å²) in [7, 11) is 0. The Labute approximate surface area is 148 Å². The molecule has 0 spiro atoms. The molecule has 0 unspecified atom stereocenters. The highest BCUT2D eigenvalue weighted by Gasteiger charge is 2.14. The number of anilines is 1. The zero-order valence-corrected chi connectivity index (χ0v) is 14.7. The fraction of sp³-hybridized carbons (Fsp3) is 0.556. The molecule has 0 aliphatic carbocycles. The van der Waals surface area contributed by atoms with Gasteiger partial charge in [-0.25, -0.2) is 0 Å². The second-order valence-electron chi connectivity index (χ2n) is 6.24. The van der Waals surface area contributed by atoms with Crippen LogP contribution >= 0.6 is 0 Å². The molecule has 1 fully saturated rings. The van der Waals surface area contributed by atoms with Gasteiger partial charge in [0.15, 0.2) is 0 Å². The van der Waals surface area contributed by atoms with Gasteiger partial charge in [0, 0.05) is 25.3 Å². The molecular formula is C18H27N3O4. The Bertz CT molecular complexity index is 556. The third-order valence-electron chi connectivity index (χ3n) is 4.01. The van der Waals surface area contributed by atoms with Gasteiger partial charge in [0.05, 0.1) is 26.3 Å². The summed E-state index contributed by atoms with van der Waals surface area (Å²) in [5, 5.41) is 11.7. The van der Waals surface area contributed by atoms with Crippen molar-refractivity contribution in [1.82, 2.24) is 9.80 Å². The largest absolute Gasteiger partial charge is 0.480 e. The number of carbonyl (C=O) groups excluding carboxylic acids is 1. The van der Waals surface area contributed by atoms with E-state index in [1.807, 2.05) is 31.2 Å². The van der Waals surface area contributed by atoms with Crippen molar-refractivity contribution in [3.05, 3.63) is 29.8 Å². The van der Waals surface area contributed by atoms with Crippen molar-refractivity contribution in [2.24, 2.45) is 0 Å². The summed E-state index contributed by atoms with van der Waals surface area (Å²) in [4.78, 5) is 26.9. The summed E-state index contributed by atoms with van der Waals surface area (Å²) in [6, 6.07) is 7.78.